The highest BCUT2D eigenvalue weighted by molar-refractivity contribution is 5.85. The van der Waals surface area contributed by atoms with E-state index in [2.05, 4.69) is 6.07 Å². The summed E-state index contributed by atoms with van der Waals surface area (Å²) in [7, 11) is 1.44. The molecule has 88 valence electrons. The van der Waals surface area contributed by atoms with Crippen LogP contribution in [0.1, 0.15) is 17.5 Å². The van der Waals surface area contributed by atoms with Crippen molar-refractivity contribution in [2.24, 2.45) is 5.92 Å². The molecule has 1 aromatic carbocycles. The molecule has 0 aromatic heterocycles. The first kappa shape index (κ1) is 12.8. The summed E-state index contributed by atoms with van der Waals surface area (Å²) in [6.45, 7) is 0. The molecule has 0 saturated carbocycles. The number of carbonyl (C=O) groups excluding carboxylic acids is 1. The maximum absolute atomic E-state index is 11.4. The van der Waals surface area contributed by atoms with Crippen LogP contribution in [0, 0.1) is 5.92 Å². The van der Waals surface area contributed by atoms with E-state index in [1.165, 1.54) is 18.2 Å². The van der Waals surface area contributed by atoms with Crippen molar-refractivity contribution in [2.45, 2.75) is 19.3 Å². The Balaban J connectivity index is 0.00000128. The van der Waals surface area contributed by atoms with E-state index in [0.29, 0.717) is 0 Å². The zero-order valence-electron chi connectivity index (χ0n) is 9.23. The van der Waals surface area contributed by atoms with Crippen LogP contribution in [-0.4, -0.2) is 13.1 Å². The molecule has 0 fully saturated rings. The van der Waals surface area contributed by atoms with E-state index in [4.69, 9.17) is 10.5 Å². The SMILES string of the molecule is COC(=O)C1CCc2ccc(N)cc2C1.Cl. The normalized spacial score (nSPS) is 18.2. The predicted molar refractivity (Wildman–Crippen MR) is 65.6 cm³/mol. The molecule has 0 aliphatic heterocycles. The summed E-state index contributed by atoms with van der Waals surface area (Å²) < 4.78 is 4.76. The minimum absolute atomic E-state index is 0. The van der Waals surface area contributed by atoms with Gasteiger partial charge in [0.05, 0.1) is 13.0 Å². The van der Waals surface area contributed by atoms with Crippen molar-refractivity contribution in [1.29, 1.82) is 0 Å². The molecular formula is C12H16ClNO2. The van der Waals surface area contributed by atoms with E-state index >= 15 is 0 Å². The number of benzene rings is 1. The van der Waals surface area contributed by atoms with Gasteiger partial charge in [-0.1, -0.05) is 6.07 Å². The first-order valence-electron chi connectivity index (χ1n) is 5.16. The van der Waals surface area contributed by atoms with Gasteiger partial charge in [0.15, 0.2) is 0 Å². The van der Waals surface area contributed by atoms with Gasteiger partial charge in [0.2, 0.25) is 0 Å². The lowest BCUT2D eigenvalue weighted by atomic mass is 9.84. The molecule has 3 nitrogen and oxygen atoms in total. The number of anilines is 1. The van der Waals surface area contributed by atoms with Crippen LogP contribution < -0.4 is 5.73 Å². The van der Waals surface area contributed by atoms with Gasteiger partial charge in [-0.2, -0.15) is 0 Å². The number of ether oxygens (including phenoxy) is 1. The molecular weight excluding hydrogens is 226 g/mol. The van der Waals surface area contributed by atoms with E-state index in [1.54, 1.807) is 0 Å². The van der Waals surface area contributed by atoms with Crippen LogP contribution in [0.15, 0.2) is 18.2 Å². The molecule has 0 spiro atoms. The number of methoxy groups -OCH3 is 1. The van der Waals surface area contributed by atoms with Crippen LogP contribution >= 0.6 is 12.4 Å². The van der Waals surface area contributed by atoms with Crippen LogP contribution in [0.3, 0.4) is 0 Å². The number of nitrogen functional groups attached to an aromatic ring is 1. The number of esters is 1. The number of fused-ring (bicyclic) bond motifs is 1. The Hall–Kier alpha value is -1.22. The zero-order valence-corrected chi connectivity index (χ0v) is 10.0. The second-order valence-corrected chi connectivity index (χ2v) is 3.99. The fourth-order valence-electron chi connectivity index (χ4n) is 2.14. The van der Waals surface area contributed by atoms with Gasteiger partial charge in [-0.25, -0.2) is 0 Å². The lowest BCUT2D eigenvalue weighted by molar-refractivity contribution is -0.145. The maximum Gasteiger partial charge on any atom is 0.309 e. The molecule has 2 N–H and O–H groups in total. The second kappa shape index (κ2) is 5.21. The molecule has 0 saturated heterocycles. The minimum Gasteiger partial charge on any atom is -0.469 e. The summed E-state index contributed by atoms with van der Waals surface area (Å²) in [5, 5.41) is 0. The van der Waals surface area contributed by atoms with Crippen molar-refractivity contribution in [3.8, 4) is 0 Å². The third-order valence-corrected chi connectivity index (χ3v) is 2.99. The van der Waals surface area contributed by atoms with Gasteiger partial charge in [0.25, 0.3) is 0 Å². The maximum atomic E-state index is 11.4. The molecule has 0 bridgehead atoms. The topological polar surface area (TPSA) is 52.3 Å². The number of carbonyl (C=O) groups is 1. The predicted octanol–water partition coefficient (Wildman–Crippen LogP) is 1.97. The summed E-state index contributed by atoms with van der Waals surface area (Å²) in [4.78, 5) is 11.4. The zero-order chi connectivity index (χ0) is 10.8. The van der Waals surface area contributed by atoms with E-state index in [1.807, 2.05) is 12.1 Å². The number of nitrogens with two attached hydrogens (primary N) is 1. The van der Waals surface area contributed by atoms with Gasteiger partial charge in [-0.05, 0) is 42.5 Å². The van der Waals surface area contributed by atoms with E-state index in [-0.39, 0.29) is 24.3 Å². The fraction of sp³-hybridized carbons (Fsp3) is 0.417. The van der Waals surface area contributed by atoms with Crippen molar-refractivity contribution in [1.82, 2.24) is 0 Å². The molecule has 0 heterocycles. The summed E-state index contributed by atoms with van der Waals surface area (Å²) in [6.07, 6.45) is 2.58. The van der Waals surface area contributed by atoms with Gasteiger partial charge in [0.1, 0.15) is 0 Å². The quantitative estimate of drug-likeness (QED) is 0.604. The van der Waals surface area contributed by atoms with Crippen molar-refractivity contribution in [3.63, 3.8) is 0 Å². The molecule has 1 unspecified atom stereocenters. The van der Waals surface area contributed by atoms with Gasteiger partial charge in [-0.15, -0.1) is 12.4 Å². The first-order valence-corrected chi connectivity index (χ1v) is 5.16. The Kier molecular flexibility index (Phi) is 4.19. The standard InChI is InChI=1S/C12H15NO2.ClH/c1-15-12(14)9-3-2-8-4-5-11(13)7-10(8)6-9;/h4-5,7,9H,2-3,6,13H2,1H3;1H. The van der Waals surface area contributed by atoms with Crippen LogP contribution in [-0.2, 0) is 22.4 Å². The molecule has 1 aliphatic carbocycles. The number of aryl methyl sites for hydroxylation is 1. The molecule has 0 amide bonds. The van der Waals surface area contributed by atoms with Crippen molar-refractivity contribution < 1.29 is 9.53 Å². The van der Waals surface area contributed by atoms with Crippen molar-refractivity contribution in [2.75, 3.05) is 12.8 Å². The summed E-state index contributed by atoms with van der Waals surface area (Å²) in [5.74, 6) is -0.104. The highest BCUT2D eigenvalue weighted by Crippen LogP contribution is 2.27. The van der Waals surface area contributed by atoms with Gasteiger partial charge in [-0.3, -0.25) is 4.79 Å². The molecule has 1 atom stereocenters. The molecule has 2 rings (SSSR count). The van der Waals surface area contributed by atoms with Gasteiger partial charge in [0, 0.05) is 5.69 Å². The second-order valence-electron chi connectivity index (χ2n) is 3.99. The van der Waals surface area contributed by atoms with Crippen LogP contribution in [0.5, 0.6) is 0 Å². The first-order chi connectivity index (χ1) is 7.20. The number of hydrogen-bond donors (Lipinski definition) is 1. The van der Waals surface area contributed by atoms with E-state index in [0.717, 1.165) is 24.9 Å². The Morgan fingerprint density at radius 3 is 2.88 bits per heavy atom. The number of hydrogen-bond acceptors (Lipinski definition) is 3. The average molecular weight is 242 g/mol. The summed E-state index contributed by atoms with van der Waals surface area (Å²) >= 11 is 0. The van der Waals surface area contributed by atoms with E-state index < -0.39 is 0 Å². The lowest BCUT2D eigenvalue weighted by Crippen LogP contribution is -2.23. The number of halogens is 1. The van der Waals surface area contributed by atoms with E-state index in [9.17, 15) is 4.79 Å². The lowest BCUT2D eigenvalue weighted by Gasteiger charge is -2.22. The Morgan fingerprint density at radius 2 is 2.19 bits per heavy atom. The minimum atomic E-state index is -0.108. The van der Waals surface area contributed by atoms with Crippen LogP contribution in [0.4, 0.5) is 5.69 Å². The Labute approximate surface area is 101 Å². The monoisotopic (exact) mass is 241 g/mol. The summed E-state index contributed by atoms with van der Waals surface area (Å²) in [5.41, 5.74) is 8.98. The van der Waals surface area contributed by atoms with Crippen molar-refractivity contribution >= 4 is 24.1 Å². The molecule has 4 heteroatoms. The number of rotatable bonds is 1. The molecule has 16 heavy (non-hydrogen) atoms. The largest absolute Gasteiger partial charge is 0.469 e. The van der Waals surface area contributed by atoms with Crippen molar-refractivity contribution in [3.05, 3.63) is 29.3 Å². The molecule has 1 aliphatic rings. The molecule has 0 radical (unpaired) electrons. The molecule has 1 aromatic rings. The fourth-order valence-corrected chi connectivity index (χ4v) is 2.14. The highest BCUT2D eigenvalue weighted by atomic mass is 35.5. The smallest absolute Gasteiger partial charge is 0.309 e. The third kappa shape index (κ3) is 2.47. The Morgan fingerprint density at radius 1 is 1.44 bits per heavy atom. The summed E-state index contributed by atoms with van der Waals surface area (Å²) in [6, 6.07) is 5.93. The van der Waals surface area contributed by atoms with Crippen LogP contribution in [0.2, 0.25) is 0 Å². The van der Waals surface area contributed by atoms with Gasteiger partial charge >= 0.3 is 5.97 Å². The third-order valence-electron chi connectivity index (χ3n) is 2.99. The van der Waals surface area contributed by atoms with Crippen LogP contribution in [0.25, 0.3) is 0 Å². The average Bonchev–Trinajstić information content (AvgIpc) is 2.27. The Bertz CT molecular complexity index is 393. The highest BCUT2D eigenvalue weighted by Gasteiger charge is 2.25. The van der Waals surface area contributed by atoms with Gasteiger partial charge < -0.3 is 10.5 Å².